The number of benzene rings is 1. The van der Waals surface area contributed by atoms with E-state index < -0.39 is 42.0 Å². The summed E-state index contributed by atoms with van der Waals surface area (Å²) in [5.74, 6) is -0.512. The number of amides is 1. The Kier molecular flexibility index (Phi) is 8.41. The Balaban J connectivity index is 1.68. The van der Waals surface area contributed by atoms with Gasteiger partial charge in [-0.3, -0.25) is 4.79 Å². The molecular formula is C22H25F6N3OS. The van der Waals surface area contributed by atoms with Crippen LogP contribution in [0.2, 0.25) is 0 Å². The number of hydrogen-bond acceptors (Lipinski definition) is 4. The lowest BCUT2D eigenvalue weighted by molar-refractivity contribution is -0.143. The number of rotatable bonds is 8. The average Bonchev–Trinajstić information content (AvgIpc) is 3.29. The van der Waals surface area contributed by atoms with Crippen molar-refractivity contribution < 1.29 is 31.1 Å². The molecule has 1 aliphatic rings. The first-order valence-corrected chi connectivity index (χ1v) is 11.5. The quantitative estimate of drug-likeness (QED) is 0.496. The molecule has 4 nitrogen and oxygen atoms in total. The molecular weight excluding hydrogens is 468 g/mol. The summed E-state index contributed by atoms with van der Waals surface area (Å²) in [6.07, 6.45) is -6.40. The first kappa shape index (κ1) is 25.5. The van der Waals surface area contributed by atoms with Gasteiger partial charge in [0, 0.05) is 24.5 Å². The third-order valence-corrected chi connectivity index (χ3v) is 6.37. The van der Waals surface area contributed by atoms with Crippen LogP contribution >= 0.6 is 11.3 Å². The van der Waals surface area contributed by atoms with Crippen molar-refractivity contribution in [1.82, 2.24) is 15.5 Å². The highest BCUT2D eigenvalue weighted by Crippen LogP contribution is 2.36. The molecule has 182 valence electrons. The largest absolute Gasteiger partial charge is 0.416 e. The second-order valence-electron chi connectivity index (χ2n) is 7.94. The van der Waals surface area contributed by atoms with Gasteiger partial charge < -0.3 is 15.5 Å². The minimum absolute atomic E-state index is 0.0714. The lowest BCUT2D eigenvalue weighted by Gasteiger charge is -2.27. The monoisotopic (exact) mass is 493 g/mol. The second kappa shape index (κ2) is 10.9. The molecule has 2 aromatic rings. The maximum atomic E-state index is 13.1. The molecule has 0 bridgehead atoms. The Morgan fingerprint density at radius 1 is 1.00 bits per heavy atom. The molecule has 2 heterocycles. The van der Waals surface area contributed by atoms with Gasteiger partial charge in [0.1, 0.15) is 6.04 Å². The lowest BCUT2D eigenvalue weighted by atomic mass is 10.0. The summed E-state index contributed by atoms with van der Waals surface area (Å²) in [6.45, 7) is 2.81. The smallest absolute Gasteiger partial charge is 0.350 e. The van der Waals surface area contributed by atoms with Crippen LogP contribution in [-0.2, 0) is 23.7 Å². The highest BCUT2D eigenvalue weighted by atomic mass is 32.1. The molecule has 1 aromatic carbocycles. The van der Waals surface area contributed by atoms with Crippen molar-refractivity contribution in [3.63, 3.8) is 0 Å². The molecule has 1 atom stereocenters. The fourth-order valence-electron chi connectivity index (χ4n) is 3.74. The van der Waals surface area contributed by atoms with Gasteiger partial charge in [-0.2, -0.15) is 26.3 Å². The number of halogens is 6. The minimum Gasteiger partial charge on any atom is -0.350 e. The van der Waals surface area contributed by atoms with Crippen LogP contribution in [0.3, 0.4) is 0 Å². The molecule has 0 unspecified atom stereocenters. The summed E-state index contributed by atoms with van der Waals surface area (Å²) in [4.78, 5) is 15.8. The zero-order chi connectivity index (χ0) is 24.1. The van der Waals surface area contributed by atoms with E-state index >= 15 is 0 Å². The van der Waals surface area contributed by atoms with Gasteiger partial charge in [-0.25, -0.2) is 0 Å². The number of likely N-dealkylation sites (tertiary alicyclic amines) is 1. The zero-order valence-corrected chi connectivity index (χ0v) is 18.5. The molecule has 3 rings (SSSR count). The Hall–Kier alpha value is -2.11. The summed E-state index contributed by atoms with van der Waals surface area (Å²) in [5, 5.41) is 7.46. The summed E-state index contributed by atoms with van der Waals surface area (Å²) in [7, 11) is 0. The van der Waals surface area contributed by atoms with E-state index in [1.807, 2.05) is 0 Å². The third-order valence-electron chi connectivity index (χ3n) is 5.43. The molecule has 1 amide bonds. The van der Waals surface area contributed by atoms with Crippen molar-refractivity contribution in [2.24, 2.45) is 0 Å². The van der Waals surface area contributed by atoms with Crippen molar-refractivity contribution >= 4 is 17.2 Å². The van der Waals surface area contributed by atoms with Gasteiger partial charge in [-0.05, 0) is 61.1 Å². The maximum Gasteiger partial charge on any atom is 0.416 e. The van der Waals surface area contributed by atoms with Crippen LogP contribution in [0.1, 0.15) is 46.9 Å². The van der Waals surface area contributed by atoms with Gasteiger partial charge in [0.2, 0.25) is 5.91 Å². The molecule has 0 radical (unpaired) electrons. The molecule has 1 fully saturated rings. The number of nitrogens with zero attached hydrogens (tertiary/aromatic N) is 1. The summed E-state index contributed by atoms with van der Waals surface area (Å²) < 4.78 is 78.4. The summed E-state index contributed by atoms with van der Waals surface area (Å²) in [6, 6.07) is 4.10. The fraction of sp³-hybridized carbons (Fsp3) is 0.500. The standard InChI is InChI=1S/C22H25F6N3OS/c23-21(24,25)16-11-15(12-17(13-16)22(26,27)28)14-30-20(32)19(18-5-4-10-33-18)29-6-9-31-7-2-1-3-8-31/h4-5,10-13,19,29H,1-3,6-9,14H2,(H,30,32)/t19-/m0/s1. The Bertz CT molecular complexity index is 876. The van der Waals surface area contributed by atoms with Crippen LogP contribution in [0.25, 0.3) is 0 Å². The van der Waals surface area contributed by atoms with Crippen LogP contribution in [0.5, 0.6) is 0 Å². The van der Waals surface area contributed by atoms with Gasteiger partial charge in [0.25, 0.3) is 0 Å². The van der Waals surface area contributed by atoms with Crippen molar-refractivity contribution in [1.29, 1.82) is 0 Å². The minimum atomic E-state index is -4.93. The molecule has 0 saturated carbocycles. The normalized spacial score (nSPS) is 16.5. The number of carbonyl (C=O) groups excluding carboxylic acids is 1. The topological polar surface area (TPSA) is 44.4 Å². The number of nitrogens with one attached hydrogen (secondary N) is 2. The van der Waals surface area contributed by atoms with Crippen LogP contribution in [0, 0.1) is 0 Å². The number of thiophene rings is 1. The van der Waals surface area contributed by atoms with Crippen LogP contribution in [-0.4, -0.2) is 37.0 Å². The van der Waals surface area contributed by atoms with E-state index in [1.165, 1.54) is 17.8 Å². The Labute approximate surface area is 192 Å². The molecule has 2 N–H and O–H groups in total. The molecule has 0 spiro atoms. The first-order chi connectivity index (χ1) is 15.5. The highest BCUT2D eigenvalue weighted by Gasteiger charge is 2.37. The van der Waals surface area contributed by atoms with E-state index in [4.69, 9.17) is 0 Å². The maximum absolute atomic E-state index is 13.1. The van der Waals surface area contributed by atoms with Gasteiger partial charge in [0.15, 0.2) is 0 Å². The van der Waals surface area contributed by atoms with E-state index in [0.29, 0.717) is 23.6 Å². The molecule has 1 aliphatic heterocycles. The van der Waals surface area contributed by atoms with Crippen LogP contribution in [0.15, 0.2) is 35.7 Å². The molecule has 1 aromatic heterocycles. The molecule has 11 heteroatoms. The van der Waals surface area contributed by atoms with Crippen molar-refractivity contribution in [2.75, 3.05) is 26.2 Å². The van der Waals surface area contributed by atoms with E-state index in [1.54, 1.807) is 17.5 Å². The van der Waals surface area contributed by atoms with E-state index in [-0.39, 0.29) is 11.6 Å². The van der Waals surface area contributed by atoms with Crippen molar-refractivity contribution in [2.45, 2.75) is 44.2 Å². The van der Waals surface area contributed by atoms with Gasteiger partial charge in [-0.1, -0.05) is 12.5 Å². The number of hydrogen-bond donors (Lipinski definition) is 2. The first-order valence-electron chi connectivity index (χ1n) is 10.6. The number of alkyl halides is 6. The predicted octanol–water partition coefficient (Wildman–Crippen LogP) is 5.22. The number of carbonyl (C=O) groups is 1. The van der Waals surface area contributed by atoms with Crippen LogP contribution in [0.4, 0.5) is 26.3 Å². The lowest BCUT2D eigenvalue weighted by Crippen LogP contribution is -2.41. The van der Waals surface area contributed by atoms with Gasteiger partial charge in [0.05, 0.1) is 11.1 Å². The van der Waals surface area contributed by atoms with Crippen molar-refractivity contribution in [3.8, 4) is 0 Å². The summed E-state index contributed by atoms with van der Waals surface area (Å²) in [5.41, 5.74) is -3.09. The molecule has 1 saturated heterocycles. The van der Waals surface area contributed by atoms with E-state index in [2.05, 4.69) is 15.5 Å². The van der Waals surface area contributed by atoms with Crippen molar-refractivity contribution in [3.05, 3.63) is 57.3 Å². The average molecular weight is 494 g/mol. The summed E-state index contributed by atoms with van der Waals surface area (Å²) >= 11 is 1.34. The van der Waals surface area contributed by atoms with E-state index in [9.17, 15) is 31.1 Å². The Morgan fingerprint density at radius 2 is 1.64 bits per heavy atom. The number of piperidine rings is 1. The highest BCUT2D eigenvalue weighted by molar-refractivity contribution is 7.10. The second-order valence-corrected chi connectivity index (χ2v) is 8.92. The van der Waals surface area contributed by atoms with Crippen LogP contribution < -0.4 is 10.6 Å². The van der Waals surface area contributed by atoms with Gasteiger partial charge >= 0.3 is 12.4 Å². The molecule has 33 heavy (non-hydrogen) atoms. The predicted molar refractivity (Wildman–Crippen MR) is 114 cm³/mol. The SMILES string of the molecule is O=C(NCc1cc(C(F)(F)F)cc(C(F)(F)F)c1)[C@@H](NCCN1CCCCC1)c1cccs1. The fourth-order valence-corrected chi connectivity index (χ4v) is 4.54. The molecule has 0 aliphatic carbocycles. The Morgan fingerprint density at radius 3 is 2.18 bits per heavy atom. The van der Waals surface area contributed by atoms with Gasteiger partial charge in [-0.15, -0.1) is 11.3 Å². The van der Waals surface area contributed by atoms with E-state index in [0.717, 1.165) is 32.5 Å². The zero-order valence-electron chi connectivity index (χ0n) is 17.7. The third kappa shape index (κ3) is 7.44.